The smallest absolute Gasteiger partial charge is 0.254 e. The third kappa shape index (κ3) is 5.04. The fraction of sp³-hybridized carbons (Fsp3) is 0.423. The molecule has 0 radical (unpaired) electrons. The lowest BCUT2D eigenvalue weighted by molar-refractivity contribution is -0.133. The summed E-state index contributed by atoms with van der Waals surface area (Å²) < 4.78 is 0. The standard InChI is InChI=1S/C26H30N2O3/c29-24(15-14-20-8-4-5-9-20)27-16-18-28(19-17-27)26(31)23-13-7-6-12-22(23)25(30)21-10-2-1-3-11-21/h1-3,6-7,10-13,20H,4-5,8-9,14-19H2. The number of ketones is 1. The van der Waals surface area contributed by atoms with E-state index in [9.17, 15) is 14.4 Å². The lowest BCUT2D eigenvalue weighted by Gasteiger charge is -2.35. The summed E-state index contributed by atoms with van der Waals surface area (Å²) in [5.74, 6) is 0.632. The molecule has 0 aromatic heterocycles. The van der Waals surface area contributed by atoms with E-state index < -0.39 is 0 Å². The average molecular weight is 419 g/mol. The molecule has 2 aliphatic rings. The summed E-state index contributed by atoms with van der Waals surface area (Å²) in [7, 11) is 0. The first kappa shape index (κ1) is 21.3. The van der Waals surface area contributed by atoms with Crippen LogP contribution in [-0.2, 0) is 4.79 Å². The van der Waals surface area contributed by atoms with Gasteiger partial charge in [-0.25, -0.2) is 0 Å². The summed E-state index contributed by atoms with van der Waals surface area (Å²) in [6.45, 7) is 2.12. The fourth-order valence-corrected chi connectivity index (χ4v) is 4.73. The van der Waals surface area contributed by atoms with E-state index in [1.165, 1.54) is 25.7 Å². The van der Waals surface area contributed by atoms with Crippen LogP contribution in [0.4, 0.5) is 0 Å². The SMILES string of the molecule is O=C(c1ccccc1)c1ccccc1C(=O)N1CCN(C(=O)CCC2CCCC2)CC1. The molecule has 0 spiro atoms. The maximum atomic E-state index is 13.2. The van der Waals surface area contributed by atoms with E-state index in [1.54, 1.807) is 41.3 Å². The predicted octanol–water partition coefficient (Wildman–Crippen LogP) is 4.17. The van der Waals surface area contributed by atoms with E-state index in [1.807, 2.05) is 23.1 Å². The molecule has 2 aromatic rings. The second-order valence-corrected chi connectivity index (χ2v) is 8.60. The van der Waals surface area contributed by atoms with Crippen molar-refractivity contribution in [2.24, 2.45) is 5.92 Å². The summed E-state index contributed by atoms with van der Waals surface area (Å²) in [5.41, 5.74) is 1.42. The largest absolute Gasteiger partial charge is 0.339 e. The van der Waals surface area contributed by atoms with Crippen molar-refractivity contribution in [2.45, 2.75) is 38.5 Å². The van der Waals surface area contributed by atoms with Crippen LogP contribution in [0.25, 0.3) is 0 Å². The third-order valence-corrected chi connectivity index (χ3v) is 6.60. The second kappa shape index (κ2) is 9.90. The van der Waals surface area contributed by atoms with Gasteiger partial charge in [-0.2, -0.15) is 0 Å². The van der Waals surface area contributed by atoms with Gasteiger partial charge in [-0.3, -0.25) is 14.4 Å². The van der Waals surface area contributed by atoms with Crippen LogP contribution in [0.2, 0.25) is 0 Å². The number of benzene rings is 2. The number of nitrogens with zero attached hydrogens (tertiary/aromatic N) is 2. The molecular weight excluding hydrogens is 388 g/mol. The predicted molar refractivity (Wildman–Crippen MR) is 120 cm³/mol. The molecule has 31 heavy (non-hydrogen) atoms. The number of amides is 2. The summed E-state index contributed by atoms with van der Waals surface area (Å²) >= 11 is 0. The first-order valence-corrected chi connectivity index (χ1v) is 11.4. The number of carbonyl (C=O) groups excluding carboxylic acids is 3. The van der Waals surface area contributed by atoms with Gasteiger partial charge >= 0.3 is 0 Å². The maximum absolute atomic E-state index is 13.2. The van der Waals surface area contributed by atoms with Crippen LogP contribution in [0.1, 0.15) is 64.8 Å². The van der Waals surface area contributed by atoms with E-state index in [0.29, 0.717) is 55.2 Å². The van der Waals surface area contributed by atoms with Gasteiger partial charge in [-0.1, -0.05) is 74.2 Å². The molecule has 1 saturated heterocycles. The summed E-state index contributed by atoms with van der Waals surface area (Å²) in [4.78, 5) is 42.4. The highest BCUT2D eigenvalue weighted by Crippen LogP contribution is 2.28. The van der Waals surface area contributed by atoms with Crippen molar-refractivity contribution < 1.29 is 14.4 Å². The van der Waals surface area contributed by atoms with Gasteiger partial charge in [0.2, 0.25) is 5.91 Å². The maximum Gasteiger partial charge on any atom is 0.254 e. The summed E-state index contributed by atoms with van der Waals surface area (Å²) in [6, 6.07) is 16.0. The zero-order valence-electron chi connectivity index (χ0n) is 18.0. The van der Waals surface area contributed by atoms with Gasteiger partial charge in [0, 0.05) is 43.7 Å². The monoisotopic (exact) mass is 418 g/mol. The first-order chi connectivity index (χ1) is 15.1. The molecule has 2 aromatic carbocycles. The van der Waals surface area contributed by atoms with Crippen LogP contribution >= 0.6 is 0 Å². The molecule has 2 fully saturated rings. The summed E-state index contributed by atoms with van der Waals surface area (Å²) in [6.07, 6.45) is 6.73. The van der Waals surface area contributed by atoms with Crippen molar-refractivity contribution in [3.05, 3.63) is 71.3 Å². The Morgan fingerprint density at radius 3 is 2.00 bits per heavy atom. The quantitative estimate of drug-likeness (QED) is 0.662. The molecule has 5 nitrogen and oxygen atoms in total. The molecule has 1 aliphatic carbocycles. The molecule has 5 heteroatoms. The lowest BCUT2D eigenvalue weighted by Crippen LogP contribution is -2.50. The fourth-order valence-electron chi connectivity index (χ4n) is 4.73. The Morgan fingerprint density at radius 2 is 1.32 bits per heavy atom. The molecular formula is C26H30N2O3. The van der Waals surface area contributed by atoms with Gasteiger partial charge in [0.1, 0.15) is 0 Å². The van der Waals surface area contributed by atoms with Crippen molar-refractivity contribution in [2.75, 3.05) is 26.2 Å². The summed E-state index contributed by atoms with van der Waals surface area (Å²) in [5, 5.41) is 0. The minimum absolute atomic E-state index is 0.141. The van der Waals surface area contributed by atoms with Gasteiger partial charge in [0.15, 0.2) is 5.78 Å². The topological polar surface area (TPSA) is 57.7 Å². The van der Waals surface area contributed by atoms with Crippen molar-refractivity contribution in [1.29, 1.82) is 0 Å². The second-order valence-electron chi connectivity index (χ2n) is 8.60. The molecule has 2 amide bonds. The molecule has 0 unspecified atom stereocenters. The first-order valence-electron chi connectivity index (χ1n) is 11.4. The van der Waals surface area contributed by atoms with E-state index >= 15 is 0 Å². The average Bonchev–Trinajstić information content (AvgIpc) is 3.36. The number of hydrogen-bond donors (Lipinski definition) is 0. The normalized spacial score (nSPS) is 17.0. The van der Waals surface area contributed by atoms with Crippen molar-refractivity contribution in [1.82, 2.24) is 9.80 Å². The minimum atomic E-state index is -0.148. The van der Waals surface area contributed by atoms with Crippen LogP contribution in [0, 0.1) is 5.92 Å². The van der Waals surface area contributed by atoms with Gasteiger partial charge in [-0.05, 0) is 18.4 Å². The zero-order chi connectivity index (χ0) is 21.6. The highest BCUT2D eigenvalue weighted by Gasteiger charge is 2.27. The van der Waals surface area contributed by atoms with Gasteiger partial charge in [0.25, 0.3) is 5.91 Å². The Balaban J connectivity index is 1.37. The highest BCUT2D eigenvalue weighted by molar-refractivity contribution is 6.15. The van der Waals surface area contributed by atoms with Crippen molar-refractivity contribution in [3.63, 3.8) is 0 Å². The van der Waals surface area contributed by atoms with Crippen LogP contribution in [0.3, 0.4) is 0 Å². The highest BCUT2D eigenvalue weighted by atomic mass is 16.2. The Bertz CT molecular complexity index is 927. The van der Waals surface area contributed by atoms with E-state index in [-0.39, 0.29) is 17.6 Å². The Labute approximate surface area is 184 Å². The molecule has 162 valence electrons. The Morgan fingerprint density at radius 1 is 0.742 bits per heavy atom. The van der Waals surface area contributed by atoms with Gasteiger partial charge in [-0.15, -0.1) is 0 Å². The molecule has 0 atom stereocenters. The number of rotatable bonds is 6. The van der Waals surface area contributed by atoms with Crippen LogP contribution < -0.4 is 0 Å². The van der Waals surface area contributed by atoms with Crippen molar-refractivity contribution in [3.8, 4) is 0 Å². The Kier molecular flexibility index (Phi) is 6.80. The number of hydrogen-bond acceptors (Lipinski definition) is 3. The van der Waals surface area contributed by atoms with E-state index in [0.717, 1.165) is 6.42 Å². The number of piperazine rings is 1. The molecule has 0 bridgehead atoms. The zero-order valence-corrected chi connectivity index (χ0v) is 18.0. The number of carbonyl (C=O) groups is 3. The molecule has 1 aliphatic heterocycles. The van der Waals surface area contributed by atoms with Crippen molar-refractivity contribution >= 4 is 17.6 Å². The van der Waals surface area contributed by atoms with Gasteiger partial charge < -0.3 is 9.80 Å². The minimum Gasteiger partial charge on any atom is -0.339 e. The molecule has 0 N–H and O–H groups in total. The van der Waals surface area contributed by atoms with E-state index in [2.05, 4.69) is 0 Å². The molecule has 4 rings (SSSR count). The molecule has 1 saturated carbocycles. The Hall–Kier alpha value is -2.95. The van der Waals surface area contributed by atoms with Crippen LogP contribution in [0.5, 0.6) is 0 Å². The van der Waals surface area contributed by atoms with Crippen LogP contribution in [0.15, 0.2) is 54.6 Å². The lowest BCUT2D eigenvalue weighted by atomic mass is 9.97. The molecule has 1 heterocycles. The van der Waals surface area contributed by atoms with E-state index in [4.69, 9.17) is 0 Å². The third-order valence-electron chi connectivity index (χ3n) is 6.60. The van der Waals surface area contributed by atoms with Crippen LogP contribution in [-0.4, -0.2) is 53.6 Å². The van der Waals surface area contributed by atoms with Gasteiger partial charge in [0.05, 0.1) is 5.56 Å².